The van der Waals surface area contributed by atoms with E-state index in [4.69, 9.17) is 9.84 Å². The number of hydrogen-bond acceptors (Lipinski definition) is 4. The molecule has 1 fully saturated rings. The van der Waals surface area contributed by atoms with Crippen molar-refractivity contribution >= 4 is 27.5 Å². The summed E-state index contributed by atoms with van der Waals surface area (Å²) in [4.78, 5) is 6.95. The molecule has 49 heavy (non-hydrogen) atoms. The molecular weight excluding hydrogens is 793 g/mol. The average Bonchev–Trinajstić information content (AvgIpc) is 3.84. The van der Waals surface area contributed by atoms with Crippen LogP contribution in [0, 0.1) is 31.8 Å². The molecule has 0 aliphatic carbocycles. The van der Waals surface area contributed by atoms with Crippen LogP contribution >= 0.6 is 0 Å². The first-order valence-electron chi connectivity index (χ1n) is 16.6. The van der Waals surface area contributed by atoms with Crippen molar-refractivity contribution < 1.29 is 30.2 Å². The predicted molar refractivity (Wildman–Crippen MR) is 190 cm³/mol. The number of halogens is 1. The molecule has 7 aromatic rings. The third-order valence-electron chi connectivity index (χ3n) is 9.34. The Labute approximate surface area is 300 Å². The van der Waals surface area contributed by atoms with Crippen molar-refractivity contribution in [1.29, 1.82) is 0 Å². The number of pyridine rings is 1. The van der Waals surface area contributed by atoms with E-state index in [0.717, 1.165) is 51.7 Å². The van der Waals surface area contributed by atoms with Gasteiger partial charge >= 0.3 is 21.1 Å². The van der Waals surface area contributed by atoms with Crippen molar-refractivity contribution in [3.05, 3.63) is 126 Å². The molecule has 1 aliphatic rings. The van der Waals surface area contributed by atoms with Crippen LogP contribution in [-0.4, -0.2) is 32.4 Å². The number of para-hydroxylation sites is 1. The molecule has 0 amide bonds. The van der Waals surface area contributed by atoms with E-state index in [1.54, 1.807) is 0 Å². The fourth-order valence-electron chi connectivity index (χ4n) is 7.00. The van der Waals surface area contributed by atoms with Gasteiger partial charge in [-0.05, 0) is 84.6 Å². The quantitative estimate of drug-likeness (QED) is 0.150. The van der Waals surface area contributed by atoms with Crippen molar-refractivity contribution in [2.24, 2.45) is 0 Å². The largest absolute Gasteiger partial charge is 2.00 e. The van der Waals surface area contributed by atoms with Crippen LogP contribution in [-0.2, 0) is 21.1 Å². The number of aromatic nitrogens is 4. The smallest absolute Gasteiger partial charge is 0.509 e. The van der Waals surface area contributed by atoms with Crippen molar-refractivity contribution in [2.45, 2.75) is 46.5 Å². The van der Waals surface area contributed by atoms with Gasteiger partial charge in [0.15, 0.2) is 0 Å². The summed E-state index contributed by atoms with van der Waals surface area (Å²) in [6.07, 6.45) is 8.00. The minimum absolute atomic E-state index is 0. The van der Waals surface area contributed by atoms with Crippen LogP contribution in [0.15, 0.2) is 91.4 Å². The van der Waals surface area contributed by atoms with Gasteiger partial charge in [-0.2, -0.15) is 11.2 Å². The first-order chi connectivity index (χ1) is 23.3. The summed E-state index contributed by atoms with van der Waals surface area (Å²) >= 11 is 0. The number of fused-ring (bicyclic) bond motifs is 3. The molecule has 6 nitrogen and oxygen atoms in total. The number of aryl methyl sites for hydroxylation is 2. The van der Waals surface area contributed by atoms with Crippen molar-refractivity contribution in [3.8, 4) is 34.1 Å². The molecule has 0 radical (unpaired) electrons. The van der Waals surface area contributed by atoms with Gasteiger partial charge in [-0.25, -0.2) is 9.37 Å². The zero-order valence-electron chi connectivity index (χ0n) is 27.9. The molecule has 0 unspecified atom stereocenters. The van der Waals surface area contributed by atoms with E-state index >= 15 is 0 Å². The van der Waals surface area contributed by atoms with Crippen LogP contribution in [0.25, 0.3) is 44.4 Å². The molecule has 1 aliphatic heterocycles. The van der Waals surface area contributed by atoms with Gasteiger partial charge in [0.2, 0.25) is 0 Å². The molecule has 0 saturated carbocycles. The number of nitrogens with zero attached hydrogens (tertiary/aromatic N) is 5. The third-order valence-corrected chi connectivity index (χ3v) is 9.34. The van der Waals surface area contributed by atoms with Crippen LogP contribution in [0.4, 0.5) is 10.1 Å². The van der Waals surface area contributed by atoms with Gasteiger partial charge in [0.1, 0.15) is 11.6 Å². The van der Waals surface area contributed by atoms with Crippen LogP contribution in [0.5, 0.6) is 11.5 Å². The van der Waals surface area contributed by atoms with Crippen molar-refractivity contribution in [2.75, 3.05) is 18.0 Å². The SMILES string of the molecule is Cc1cc(N2CCCC2)cc(C)c1-c1cnn(-c2[c-]c(Oc3[c-]c4c(cc3)c3ccccc3n4-c3cc(F)ccn3)cc(C(C)C)c2)c1.[Pt+2]. The standard InChI is InChI=1S/C41H36FN5O.Pt/c1-26(2)29-19-33(46-25-30(24-44-46)41-27(3)17-32(18-28(41)4)45-15-7-8-16-45)22-35(20-29)48-34-11-12-37-36-9-5-6-10-38(36)47(39(37)23-34)40-21-31(42)13-14-43-40;/h5-6,9-14,17-21,24-26H,7-8,15-16H2,1-4H3;/q-2;+2. The summed E-state index contributed by atoms with van der Waals surface area (Å²) in [5.41, 5.74) is 9.66. The number of benzene rings is 4. The summed E-state index contributed by atoms with van der Waals surface area (Å²) in [5.74, 6) is 1.48. The summed E-state index contributed by atoms with van der Waals surface area (Å²) in [7, 11) is 0. The molecular formula is C41H36FN5OPt. The van der Waals surface area contributed by atoms with Crippen LogP contribution in [0.2, 0.25) is 0 Å². The summed E-state index contributed by atoms with van der Waals surface area (Å²) in [6, 6.07) is 30.4. The van der Waals surface area contributed by atoms with E-state index in [9.17, 15) is 4.39 Å². The molecule has 0 bridgehead atoms. The second-order valence-corrected chi connectivity index (χ2v) is 13.0. The maximum Gasteiger partial charge on any atom is 2.00 e. The van der Waals surface area contributed by atoms with Crippen molar-refractivity contribution in [3.63, 3.8) is 0 Å². The second kappa shape index (κ2) is 13.3. The fraction of sp³-hybridized carbons (Fsp3) is 0.220. The Morgan fingerprint density at radius 2 is 1.63 bits per heavy atom. The number of rotatable bonds is 7. The van der Waals surface area contributed by atoms with Gasteiger partial charge in [0, 0.05) is 59.8 Å². The Kier molecular flexibility index (Phi) is 8.89. The normalized spacial score (nSPS) is 13.1. The maximum absolute atomic E-state index is 14.3. The maximum atomic E-state index is 14.3. The third kappa shape index (κ3) is 6.17. The van der Waals surface area contributed by atoms with Gasteiger partial charge < -0.3 is 14.2 Å². The first kappa shape index (κ1) is 32.8. The van der Waals surface area contributed by atoms with E-state index in [2.05, 4.69) is 80.2 Å². The summed E-state index contributed by atoms with van der Waals surface area (Å²) in [6.45, 7) is 11.0. The topological polar surface area (TPSA) is 48.1 Å². The van der Waals surface area contributed by atoms with Crippen LogP contribution in [0.3, 0.4) is 0 Å². The van der Waals surface area contributed by atoms with Crippen molar-refractivity contribution in [1.82, 2.24) is 19.3 Å². The zero-order chi connectivity index (χ0) is 32.9. The zero-order valence-corrected chi connectivity index (χ0v) is 30.2. The second-order valence-electron chi connectivity index (χ2n) is 13.0. The molecule has 3 aromatic heterocycles. The molecule has 248 valence electrons. The van der Waals surface area contributed by atoms with Gasteiger partial charge in [-0.1, -0.05) is 37.6 Å². The Morgan fingerprint density at radius 1 is 0.857 bits per heavy atom. The molecule has 8 rings (SSSR count). The van der Waals surface area contributed by atoms with Crippen LogP contribution < -0.4 is 9.64 Å². The Balaban J connectivity index is 0.00000378. The Morgan fingerprint density at radius 3 is 2.39 bits per heavy atom. The van der Waals surface area contributed by atoms with Gasteiger partial charge in [-0.15, -0.1) is 41.3 Å². The average molecular weight is 829 g/mol. The number of ether oxygens (including phenoxy) is 1. The molecule has 0 atom stereocenters. The molecule has 4 heterocycles. The van der Waals surface area contributed by atoms with E-state index in [1.807, 2.05) is 51.8 Å². The fourth-order valence-corrected chi connectivity index (χ4v) is 7.00. The minimum atomic E-state index is -0.350. The van der Waals surface area contributed by atoms with E-state index in [0.29, 0.717) is 17.3 Å². The Hall–Kier alpha value is -4.74. The monoisotopic (exact) mass is 828 g/mol. The summed E-state index contributed by atoms with van der Waals surface area (Å²) < 4.78 is 24.6. The van der Waals surface area contributed by atoms with Gasteiger partial charge in [0.05, 0.1) is 6.20 Å². The summed E-state index contributed by atoms with van der Waals surface area (Å²) in [5, 5.41) is 6.79. The van der Waals surface area contributed by atoms with Crippen LogP contribution in [0.1, 0.15) is 49.3 Å². The predicted octanol–water partition coefficient (Wildman–Crippen LogP) is 9.90. The Bertz CT molecular complexity index is 2290. The number of anilines is 1. The molecule has 0 N–H and O–H groups in total. The van der Waals surface area contributed by atoms with E-state index in [-0.39, 0.29) is 32.8 Å². The molecule has 8 heteroatoms. The molecule has 1 saturated heterocycles. The van der Waals surface area contributed by atoms with Gasteiger partial charge in [0.25, 0.3) is 0 Å². The minimum Gasteiger partial charge on any atom is -0.509 e. The van der Waals surface area contributed by atoms with E-state index in [1.165, 1.54) is 53.5 Å². The molecule has 4 aromatic carbocycles. The van der Waals surface area contributed by atoms with E-state index < -0.39 is 0 Å². The molecule has 0 spiro atoms. The first-order valence-corrected chi connectivity index (χ1v) is 16.6. The number of hydrogen-bond donors (Lipinski definition) is 0. The van der Waals surface area contributed by atoms with Gasteiger partial charge in [-0.3, -0.25) is 4.68 Å².